The topological polar surface area (TPSA) is 61.8 Å². The quantitative estimate of drug-likeness (QED) is 0.446. The Morgan fingerprint density at radius 3 is 2.04 bits per heavy atom. The molecule has 0 saturated carbocycles. The number of hydrogen-bond donors (Lipinski definition) is 0. The minimum absolute atomic E-state index is 0.144. The monoisotopic (exact) mass is 356 g/mol. The number of ether oxygens (including phenoxy) is 1. The maximum Gasteiger partial charge on any atom is 0.331 e. The van der Waals surface area contributed by atoms with Crippen LogP contribution >= 0.6 is 7.60 Å². The van der Waals surface area contributed by atoms with Gasteiger partial charge in [-0.15, -0.1) is 0 Å². The highest BCUT2D eigenvalue weighted by Gasteiger charge is 2.33. The lowest BCUT2D eigenvalue weighted by molar-refractivity contribution is -0.143. The SMILES string of the molecule is CCOC(=O)CC(CP(=O)(OC(C)C)OC(C)C)c1ccccc1. The normalized spacial score (nSPS) is 13.3. The van der Waals surface area contributed by atoms with Gasteiger partial charge in [0.1, 0.15) is 0 Å². The van der Waals surface area contributed by atoms with Crippen LogP contribution in [0.15, 0.2) is 30.3 Å². The molecule has 1 rings (SSSR count). The second kappa shape index (κ2) is 9.97. The average molecular weight is 356 g/mol. The van der Waals surface area contributed by atoms with Gasteiger partial charge in [0.25, 0.3) is 0 Å². The molecule has 136 valence electrons. The van der Waals surface area contributed by atoms with E-state index < -0.39 is 7.60 Å². The first kappa shape index (κ1) is 20.9. The fraction of sp³-hybridized carbons (Fsp3) is 0.611. The van der Waals surface area contributed by atoms with Crippen molar-refractivity contribution >= 4 is 13.6 Å². The summed E-state index contributed by atoms with van der Waals surface area (Å²) in [5, 5.41) is 0. The number of esters is 1. The molecule has 0 heterocycles. The van der Waals surface area contributed by atoms with Crippen LogP contribution in [-0.4, -0.2) is 30.9 Å². The Morgan fingerprint density at radius 2 is 1.58 bits per heavy atom. The van der Waals surface area contributed by atoms with Crippen LogP contribution in [-0.2, 0) is 23.1 Å². The summed E-state index contributed by atoms with van der Waals surface area (Å²) in [5.74, 6) is -0.597. The van der Waals surface area contributed by atoms with E-state index in [0.717, 1.165) is 5.56 Å². The standard InChI is InChI=1S/C18H29O5P/c1-6-21-18(19)12-17(16-10-8-7-9-11-16)13-24(20,22-14(2)3)23-15(4)5/h7-11,14-15,17H,6,12-13H2,1-5H3. The summed E-state index contributed by atoms with van der Waals surface area (Å²) in [4.78, 5) is 12.0. The van der Waals surface area contributed by atoms with E-state index in [2.05, 4.69) is 0 Å². The maximum absolute atomic E-state index is 13.2. The Hall–Kier alpha value is -1.16. The predicted octanol–water partition coefficient (Wildman–Crippen LogP) is 4.77. The molecule has 1 aromatic carbocycles. The predicted molar refractivity (Wildman–Crippen MR) is 95.3 cm³/mol. The highest BCUT2D eigenvalue weighted by Crippen LogP contribution is 2.53. The lowest BCUT2D eigenvalue weighted by Crippen LogP contribution is -2.18. The zero-order valence-corrected chi connectivity index (χ0v) is 16.1. The van der Waals surface area contributed by atoms with Crippen molar-refractivity contribution in [3.63, 3.8) is 0 Å². The lowest BCUT2D eigenvalue weighted by Gasteiger charge is -2.26. The van der Waals surface area contributed by atoms with E-state index in [1.807, 2.05) is 58.0 Å². The number of carbonyl (C=O) groups excluding carboxylic acids is 1. The molecule has 0 amide bonds. The van der Waals surface area contributed by atoms with Gasteiger partial charge in [0.05, 0.1) is 31.4 Å². The fourth-order valence-corrected chi connectivity index (χ4v) is 4.84. The van der Waals surface area contributed by atoms with Gasteiger partial charge in [0.2, 0.25) is 0 Å². The number of carbonyl (C=O) groups is 1. The van der Waals surface area contributed by atoms with Crippen LogP contribution in [0.2, 0.25) is 0 Å². The van der Waals surface area contributed by atoms with Gasteiger partial charge in [-0.1, -0.05) is 30.3 Å². The van der Waals surface area contributed by atoms with Crippen LogP contribution in [0.25, 0.3) is 0 Å². The summed E-state index contributed by atoms with van der Waals surface area (Å²) in [6.07, 6.45) is -0.168. The third kappa shape index (κ3) is 7.61. The zero-order chi connectivity index (χ0) is 18.2. The first-order chi connectivity index (χ1) is 11.3. The van der Waals surface area contributed by atoms with Gasteiger partial charge in [-0.3, -0.25) is 9.36 Å². The summed E-state index contributed by atoms with van der Waals surface area (Å²) in [6, 6.07) is 9.52. The number of rotatable bonds is 10. The van der Waals surface area contributed by atoms with E-state index >= 15 is 0 Å². The Bertz CT molecular complexity index is 528. The molecule has 1 unspecified atom stereocenters. The summed E-state index contributed by atoms with van der Waals surface area (Å²) in [7, 11) is -3.34. The largest absolute Gasteiger partial charge is 0.466 e. The molecule has 0 saturated heterocycles. The second-order valence-corrected chi connectivity index (χ2v) is 8.23. The van der Waals surface area contributed by atoms with Crippen LogP contribution in [0, 0.1) is 0 Å². The third-order valence-electron chi connectivity index (χ3n) is 3.18. The molecule has 0 aliphatic rings. The molecule has 24 heavy (non-hydrogen) atoms. The first-order valence-corrected chi connectivity index (χ1v) is 10.1. The van der Waals surface area contributed by atoms with Gasteiger partial charge in [0, 0.05) is 5.92 Å². The van der Waals surface area contributed by atoms with Gasteiger partial charge in [0.15, 0.2) is 0 Å². The van der Waals surface area contributed by atoms with Gasteiger partial charge < -0.3 is 13.8 Å². The number of benzene rings is 1. The van der Waals surface area contributed by atoms with Crippen LogP contribution in [0.4, 0.5) is 0 Å². The van der Waals surface area contributed by atoms with Crippen molar-refractivity contribution < 1.29 is 23.1 Å². The molecule has 1 atom stereocenters. The lowest BCUT2D eigenvalue weighted by atomic mass is 9.98. The van der Waals surface area contributed by atoms with Gasteiger partial charge in [-0.2, -0.15) is 0 Å². The molecule has 6 heteroatoms. The molecule has 0 fully saturated rings. The van der Waals surface area contributed by atoms with Gasteiger partial charge in [-0.25, -0.2) is 0 Å². The Morgan fingerprint density at radius 1 is 1.04 bits per heavy atom. The van der Waals surface area contributed by atoms with Crippen molar-refractivity contribution in [3.8, 4) is 0 Å². The van der Waals surface area contributed by atoms with Crippen LogP contribution in [0.1, 0.15) is 52.5 Å². The van der Waals surface area contributed by atoms with Crippen LogP contribution in [0.5, 0.6) is 0 Å². The maximum atomic E-state index is 13.2. The van der Waals surface area contributed by atoms with Crippen molar-refractivity contribution in [2.24, 2.45) is 0 Å². The molecule has 0 aromatic heterocycles. The molecular formula is C18H29O5P. The number of hydrogen-bond acceptors (Lipinski definition) is 5. The summed E-state index contributed by atoms with van der Waals surface area (Å²) in [5.41, 5.74) is 0.922. The summed E-state index contributed by atoms with van der Waals surface area (Å²) >= 11 is 0. The van der Waals surface area contributed by atoms with Crippen molar-refractivity contribution in [2.45, 2.75) is 59.2 Å². The highest BCUT2D eigenvalue weighted by molar-refractivity contribution is 7.53. The molecule has 5 nitrogen and oxygen atoms in total. The molecule has 1 aromatic rings. The van der Waals surface area contributed by atoms with Crippen molar-refractivity contribution in [1.82, 2.24) is 0 Å². The van der Waals surface area contributed by atoms with E-state index in [-0.39, 0.29) is 36.7 Å². The van der Waals surface area contributed by atoms with Crippen molar-refractivity contribution in [3.05, 3.63) is 35.9 Å². The zero-order valence-electron chi connectivity index (χ0n) is 15.2. The second-order valence-electron chi connectivity index (χ2n) is 6.22. The van der Waals surface area contributed by atoms with Crippen molar-refractivity contribution in [1.29, 1.82) is 0 Å². The molecule has 0 radical (unpaired) electrons. The van der Waals surface area contributed by atoms with E-state index in [9.17, 15) is 9.36 Å². The van der Waals surface area contributed by atoms with E-state index in [0.29, 0.717) is 6.61 Å². The Kier molecular flexibility index (Phi) is 8.68. The highest BCUT2D eigenvalue weighted by atomic mass is 31.2. The Labute approximate surface area is 145 Å². The molecule has 0 spiro atoms. The summed E-state index contributed by atoms with van der Waals surface area (Å²) in [6.45, 7) is 9.36. The van der Waals surface area contributed by atoms with Gasteiger partial charge in [-0.05, 0) is 40.2 Å². The van der Waals surface area contributed by atoms with Gasteiger partial charge >= 0.3 is 13.6 Å². The molecular weight excluding hydrogens is 327 g/mol. The van der Waals surface area contributed by atoms with E-state index in [1.165, 1.54) is 0 Å². The average Bonchev–Trinajstić information content (AvgIpc) is 2.45. The fourth-order valence-electron chi connectivity index (χ4n) is 2.46. The van der Waals surface area contributed by atoms with Crippen molar-refractivity contribution in [2.75, 3.05) is 12.8 Å². The minimum Gasteiger partial charge on any atom is -0.466 e. The first-order valence-electron chi connectivity index (χ1n) is 8.42. The van der Waals surface area contributed by atoms with Crippen LogP contribution in [0.3, 0.4) is 0 Å². The third-order valence-corrected chi connectivity index (χ3v) is 5.55. The summed E-state index contributed by atoms with van der Waals surface area (Å²) < 4.78 is 29.5. The minimum atomic E-state index is -3.34. The Balaban J connectivity index is 3.03. The van der Waals surface area contributed by atoms with Crippen LogP contribution < -0.4 is 0 Å². The molecule has 0 bridgehead atoms. The van der Waals surface area contributed by atoms with E-state index in [1.54, 1.807) is 6.92 Å². The molecule has 0 N–H and O–H groups in total. The smallest absolute Gasteiger partial charge is 0.331 e. The molecule has 0 aliphatic heterocycles. The molecule has 0 aliphatic carbocycles. The van der Waals surface area contributed by atoms with E-state index in [4.69, 9.17) is 13.8 Å².